The average Bonchev–Trinajstić information content (AvgIpc) is 2.47. The molecule has 0 atom stereocenters. The number of benzene rings is 2. The highest BCUT2D eigenvalue weighted by molar-refractivity contribution is 5.88. The predicted octanol–water partition coefficient (Wildman–Crippen LogP) is 3.89. The van der Waals surface area contributed by atoms with Gasteiger partial charge in [-0.05, 0) is 24.3 Å². The zero-order chi connectivity index (χ0) is 13.9. The Morgan fingerprint density at radius 3 is 2.50 bits per heavy atom. The molecule has 0 fully saturated rings. The van der Waals surface area contributed by atoms with E-state index in [0.717, 1.165) is 11.1 Å². The first-order valence-corrected chi connectivity index (χ1v) is 6.10. The summed E-state index contributed by atoms with van der Waals surface area (Å²) < 4.78 is 0. The standard InChI is InChI=1S/C15H11N3O2/c19-18(20)13-8-4-5-11-9-10-14(17-15(11)13)16-12-6-2-1-3-7-12/h1-10H,(H,16,17). The molecule has 0 unspecified atom stereocenters. The summed E-state index contributed by atoms with van der Waals surface area (Å²) in [6, 6.07) is 18.1. The molecule has 20 heavy (non-hydrogen) atoms. The van der Waals surface area contributed by atoms with Crippen molar-refractivity contribution < 1.29 is 4.92 Å². The second-order valence-electron chi connectivity index (χ2n) is 4.29. The molecule has 0 radical (unpaired) electrons. The maximum absolute atomic E-state index is 11.0. The lowest BCUT2D eigenvalue weighted by Crippen LogP contribution is -1.96. The second kappa shape index (κ2) is 4.97. The summed E-state index contributed by atoms with van der Waals surface area (Å²) in [5, 5.41) is 14.9. The van der Waals surface area contributed by atoms with Gasteiger partial charge in [0, 0.05) is 17.1 Å². The van der Waals surface area contributed by atoms with Crippen molar-refractivity contribution in [1.29, 1.82) is 0 Å². The molecule has 0 aliphatic heterocycles. The topological polar surface area (TPSA) is 68.1 Å². The van der Waals surface area contributed by atoms with Crippen LogP contribution in [0.4, 0.5) is 17.2 Å². The number of non-ortho nitro benzene ring substituents is 1. The molecular weight excluding hydrogens is 254 g/mol. The van der Waals surface area contributed by atoms with Gasteiger partial charge in [-0.2, -0.15) is 0 Å². The molecule has 0 saturated carbocycles. The van der Waals surface area contributed by atoms with Crippen LogP contribution in [0.5, 0.6) is 0 Å². The van der Waals surface area contributed by atoms with Gasteiger partial charge in [0.1, 0.15) is 5.82 Å². The number of pyridine rings is 1. The molecule has 0 saturated heterocycles. The number of nitro groups is 1. The molecule has 2 aromatic carbocycles. The normalized spacial score (nSPS) is 10.4. The van der Waals surface area contributed by atoms with E-state index in [1.807, 2.05) is 42.5 Å². The predicted molar refractivity (Wildman–Crippen MR) is 78.1 cm³/mol. The van der Waals surface area contributed by atoms with Crippen LogP contribution in [0.1, 0.15) is 0 Å². The molecule has 0 spiro atoms. The van der Waals surface area contributed by atoms with Crippen molar-refractivity contribution >= 4 is 28.1 Å². The number of hydrogen-bond donors (Lipinski definition) is 1. The fourth-order valence-corrected chi connectivity index (χ4v) is 2.02. The van der Waals surface area contributed by atoms with Crippen LogP contribution in [0.25, 0.3) is 10.9 Å². The van der Waals surface area contributed by atoms with Crippen LogP contribution in [-0.4, -0.2) is 9.91 Å². The number of hydrogen-bond acceptors (Lipinski definition) is 4. The monoisotopic (exact) mass is 265 g/mol. The van der Waals surface area contributed by atoms with Crippen molar-refractivity contribution in [3.63, 3.8) is 0 Å². The number of para-hydroxylation sites is 2. The van der Waals surface area contributed by atoms with Crippen molar-refractivity contribution in [2.75, 3.05) is 5.32 Å². The molecule has 0 bridgehead atoms. The summed E-state index contributed by atoms with van der Waals surface area (Å²) in [5.41, 5.74) is 1.29. The summed E-state index contributed by atoms with van der Waals surface area (Å²) in [5.74, 6) is 0.581. The Kier molecular flexibility index (Phi) is 3.01. The lowest BCUT2D eigenvalue weighted by molar-refractivity contribution is -0.383. The summed E-state index contributed by atoms with van der Waals surface area (Å²) >= 11 is 0. The maximum atomic E-state index is 11.0. The zero-order valence-corrected chi connectivity index (χ0v) is 10.5. The summed E-state index contributed by atoms with van der Waals surface area (Å²) in [4.78, 5) is 15.0. The SMILES string of the molecule is O=[N+]([O-])c1cccc2ccc(Nc3ccccc3)nc12. The molecule has 0 aliphatic rings. The molecule has 1 aromatic heterocycles. The highest BCUT2D eigenvalue weighted by Gasteiger charge is 2.12. The fraction of sp³-hybridized carbons (Fsp3) is 0. The van der Waals surface area contributed by atoms with Gasteiger partial charge in [-0.15, -0.1) is 0 Å². The summed E-state index contributed by atoms with van der Waals surface area (Å²) in [7, 11) is 0. The van der Waals surface area contributed by atoms with Crippen molar-refractivity contribution in [2.45, 2.75) is 0 Å². The van der Waals surface area contributed by atoms with Crippen LogP contribution in [0, 0.1) is 10.1 Å². The first-order valence-electron chi connectivity index (χ1n) is 6.10. The molecule has 1 heterocycles. The smallest absolute Gasteiger partial charge is 0.295 e. The van der Waals surface area contributed by atoms with Gasteiger partial charge in [0.15, 0.2) is 5.52 Å². The number of nitrogens with one attached hydrogen (secondary N) is 1. The van der Waals surface area contributed by atoms with Gasteiger partial charge < -0.3 is 5.32 Å². The van der Waals surface area contributed by atoms with Crippen molar-refractivity contribution in [3.8, 4) is 0 Å². The first-order chi connectivity index (χ1) is 9.74. The van der Waals surface area contributed by atoms with E-state index >= 15 is 0 Å². The van der Waals surface area contributed by atoms with Crippen LogP contribution in [0.15, 0.2) is 60.7 Å². The van der Waals surface area contributed by atoms with Crippen molar-refractivity contribution in [3.05, 3.63) is 70.8 Å². The van der Waals surface area contributed by atoms with E-state index < -0.39 is 4.92 Å². The Bertz CT molecular complexity index is 772. The Labute approximate surface area is 115 Å². The molecule has 0 amide bonds. The average molecular weight is 265 g/mol. The Morgan fingerprint density at radius 2 is 1.75 bits per heavy atom. The Morgan fingerprint density at radius 1 is 0.950 bits per heavy atom. The van der Waals surface area contributed by atoms with Crippen LogP contribution in [0.3, 0.4) is 0 Å². The maximum Gasteiger partial charge on any atom is 0.295 e. The minimum absolute atomic E-state index is 0.0132. The van der Waals surface area contributed by atoms with Crippen molar-refractivity contribution in [1.82, 2.24) is 4.98 Å². The number of nitro benzene ring substituents is 1. The number of rotatable bonds is 3. The van der Waals surface area contributed by atoms with Crippen LogP contribution >= 0.6 is 0 Å². The van der Waals surface area contributed by atoms with Crippen LogP contribution in [0.2, 0.25) is 0 Å². The van der Waals surface area contributed by atoms with E-state index in [1.54, 1.807) is 12.1 Å². The second-order valence-corrected chi connectivity index (χ2v) is 4.29. The first kappa shape index (κ1) is 12.1. The van der Waals surface area contributed by atoms with E-state index in [9.17, 15) is 10.1 Å². The van der Waals surface area contributed by atoms with E-state index in [1.165, 1.54) is 6.07 Å². The highest BCUT2D eigenvalue weighted by Crippen LogP contribution is 2.25. The highest BCUT2D eigenvalue weighted by atomic mass is 16.6. The number of nitrogens with zero attached hydrogens (tertiary/aromatic N) is 2. The molecule has 0 aliphatic carbocycles. The molecular formula is C15H11N3O2. The van der Waals surface area contributed by atoms with Gasteiger partial charge in [-0.1, -0.05) is 30.3 Å². The van der Waals surface area contributed by atoms with Gasteiger partial charge in [0.2, 0.25) is 0 Å². The summed E-state index contributed by atoms with van der Waals surface area (Å²) in [6.07, 6.45) is 0. The molecule has 3 aromatic rings. The third kappa shape index (κ3) is 2.29. The minimum Gasteiger partial charge on any atom is -0.340 e. The third-order valence-corrected chi connectivity index (χ3v) is 2.94. The van der Waals surface area contributed by atoms with Gasteiger partial charge in [0.25, 0.3) is 5.69 Å². The lowest BCUT2D eigenvalue weighted by atomic mass is 10.2. The van der Waals surface area contributed by atoms with Crippen molar-refractivity contribution in [2.24, 2.45) is 0 Å². The lowest BCUT2D eigenvalue weighted by Gasteiger charge is -2.06. The van der Waals surface area contributed by atoms with E-state index in [0.29, 0.717) is 11.3 Å². The quantitative estimate of drug-likeness (QED) is 0.576. The molecule has 3 rings (SSSR count). The third-order valence-electron chi connectivity index (χ3n) is 2.94. The molecule has 5 heteroatoms. The Balaban J connectivity index is 2.06. The minimum atomic E-state index is -0.415. The number of aromatic nitrogens is 1. The van der Waals surface area contributed by atoms with Gasteiger partial charge >= 0.3 is 0 Å². The van der Waals surface area contributed by atoms with Gasteiger partial charge in [-0.3, -0.25) is 10.1 Å². The summed E-state index contributed by atoms with van der Waals surface area (Å²) in [6.45, 7) is 0. The number of anilines is 2. The van der Waals surface area contributed by atoms with Gasteiger partial charge in [-0.25, -0.2) is 4.98 Å². The molecule has 5 nitrogen and oxygen atoms in total. The number of fused-ring (bicyclic) bond motifs is 1. The van der Waals surface area contributed by atoms with Crippen LogP contribution in [-0.2, 0) is 0 Å². The molecule has 1 N–H and O–H groups in total. The van der Waals surface area contributed by atoms with Gasteiger partial charge in [0.05, 0.1) is 4.92 Å². The largest absolute Gasteiger partial charge is 0.340 e. The Hall–Kier alpha value is -2.95. The van der Waals surface area contributed by atoms with Crippen LogP contribution < -0.4 is 5.32 Å². The molecule has 98 valence electrons. The fourth-order valence-electron chi connectivity index (χ4n) is 2.02. The van der Waals surface area contributed by atoms with E-state index in [4.69, 9.17) is 0 Å². The zero-order valence-electron chi connectivity index (χ0n) is 10.5. The van der Waals surface area contributed by atoms with E-state index in [-0.39, 0.29) is 5.69 Å². The van der Waals surface area contributed by atoms with E-state index in [2.05, 4.69) is 10.3 Å².